The molecule has 3 aromatic rings. The molecule has 0 radical (unpaired) electrons. The number of carbonyl (C=O) groups is 1. The maximum absolute atomic E-state index is 12.6. The van der Waals surface area contributed by atoms with Crippen LogP contribution in [0.25, 0.3) is 0 Å². The first kappa shape index (κ1) is 25.8. The highest BCUT2D eigenvalue weighted by molar-refractivity contribution is 9.10. The minimum atomic E-state index is -1.01. The van der Waals surface area contributed by atoms with Crippen molar-refractivity contribution in [3.8, 4) is 0 Å². The van der Waals surface area contributed by atoms with Crippen LogP contribution in [0.15, 0.2) is 59.5 Å². The molecule has 0 fully saturated rings. The van der Waals surface area contributed by atoms with Gasteiger partial charge in [0.2, 0.25) is 18.4 Å². The molecule has 1 aliphatic rings. The zero-order valence-corrected chi connectivity index (χ0v) is 20.4. The fourth-order valence-corrected chi connectivity index (χ4v) is 3.73. The SMILES string of the molecule is C.CC(C)(N)C(=O)N[C@H](COCc1ccccc1)n1c[n+]2c(n1)CN(c1ccc(Br)cn1)CC2. The number of rotatable bonds is 8. The molecule has 34 heavy (non-hydrogen) atoms. The van der Waals surface area contributed by atoms with E-state index in [1.807, 2.05) is 48.8 Å². The van der Waals surface area contributed by atoms with Gasteiger partial charge in [0, 0.05) is 15.8 Å². The Morgan fingerprint density at radius 3 is 2.74 bits per heavy atom. The normalized spacial score (nSPS) is 14.2. The maximum Gasteiger partial charge on any atom is 0.297 e. The zero-order valence-electron chi connectivity index (χ0n) is 18.8. The van der Waals surface area contributed by atoms with Crippen molar-refractivity contribution in [1.29, 1.82) is 0 Å². The average Bonchev–Trinajstić information content (AvgIpc) is 3.22. The number of ether oxygens (including phenoxy) is 1. The van der Waals surface area contributed by atoms with E-state index in [0.29, 0.717) is 13.2 Å². The van der Waals surface area contributed by atoms with E-state index >= 15 is 0 Å². The van der Waals surface area contributed by atoms with E-state index in [1.165, 1.54) is 0 Å². The van der Waals surface area contributed by atoms with Crippen LogP contribution < -0.4 is 20.5 Å². The Bertz CT molecular complexity index is 1080. The zero-order chi connectivity index (χ0) is 23.4. The summed E-state index contributed by atoms with van der Waals surface area (Å²) in [5.74, 6) is 1.52. The van der Waals surface area contributed by atoms with E-state index in [4.69, 9.17) is 15.6 Å². The topological polar surface area (TPSA) is 102 Å². The van der Waals surface area contributed by atoms with Crippen molar-refractivity contribution in [2.75, 3.05) is 18.1 Å². The van der Waals surface area contributed by atoms with E-state index in [1.54, 1.807) is 24.7 Å². The molecule has 9 nitrogen and oxygen atoms in total. The van der Waals surface area contributed by atoms with E-state index in [0.717, 1.165) is 34.8 Å². The van der Waals surface area contributed by atoms with Gasteiger partial charge in [-0.1, -0.05) is 42.4 Å². The summed E-state index contributed by atoms with van der Waals surface area (Å²) >= 11 is 3.43. The molecule has 4 rings (SSSR count). The second-order valence-corrected chi connectivity index (χ2v) is 9.59. The third-order valence-electron chi connectivity index (χ3n) is 5.39. The molecule has 0 bridgehead atoms. The molecule has 0 spiro atoms. The van der Waals surface area contributed by atoms with Gasteiger partial charge in [0.25, 0.3) is 5.82 Å². The van der Waals surface area contributed by atoms with Crippen molar-refractivity contribution in [3.05, 3.63) is 70.8 Å². The summed E-state index contributed by atoms with van der Waals surface area (Å²) < 4.78 is 10.7. The van der Waals surface area contributed by atoms with Crippen LogP contribution in [0.2, 0.25) is 0 Å². The average molecular weight is 531 g/mol. The summed E-state index contributed by atoms with van der Waals surface area (Å²) in [4.78, 5) is 19.3. The maximum atomic E-state index is 12.6. The number of nitrogens with two attached hydrogens (primary N) is 1. The summed E-state index contributed by atoms with van der Waals surface area (Å²) in [5, 5.41) is 7.76. The third kappa shape index (κ3) is 6.40. The summed E-state index contributed by atoms with van der Waals surface area (Å²) in [6.45, 7) is 6.25. The number of nitrogens with one attached hydrogen (secondary N) is 1. The highest BCUT2D eigenvalue weighted by Gasteiger charge is 2.32. The van der Waals surface area contributed by atoms with Gasteiger partial charge in [-0.05, 0) is 47.5 Å². The summed E-state index contributed by atoms with van der Waals surface area (Å²) in [5.41, 5.74) is 6.06. The Balaban J connectivity index is 0.00000324. The van der Waals surface area contributed by atoms with Gasteiger partial charge in [-0.15, -0.1) is 0 Å². The van der Waals surface area contributed by atoms with Gasteiger partial charge < -0.3 is 20.7 Å². The van der Waals surface area contributed by atoms with Crippen molar-refractivity contribution in [2.24, 2.45) is 5.73 Å². The first-order valence-electron chi connectivity index (χ1n) is 10.8. The molecule has 182 valence electrons. The third-order valence-corrected chi connectivity index (χ3v) is 5.86. The molecule has 0 saturated carbocycles. The molecule has 0 unspecified atom stereocenters. The number of carbonyl (C=O) groups excluding carboxylic acids is 1. The monoisotopic (exact) mass is 530 g/mol. The number of pyridine rings is 1. The van der Waals surface area contributed by atoms with Gasteiger partial charge in [-0.25, -0.2) is 9.55 Å². The number of hydrogen-bond donors (Lipinski definition) is 2. The standard InChI is InChI=1S/C23H28BrN7O2.CH4/c1-23(2,25)22(32)27-21(15-33-14-17-6-4-3-5-7-17)31-16-30-11-10-29(13-20(30)28-31)19-9-8-18(24)12-26-19;/h3-9,12,16,21H,10-11,13-15,25H2,1-2H3;1H4/p+1/t21-;/m0./s1. The molecule has 3 N–H and O–H groups in total. The lowest BCUT2D eigenvalue weighted by Gasteiger charge is -2.24. The summed E-state index contributed by atoms with van der Waals surface area (Å²) in [6, 6.07) is 13.9. The molecule has 10 heteroatoms. The van der Waals surface area contributed by atoms with Crippen LogP contribution in [0.3, 0.4) is 0 Å². The largest absolute Gasteiger partial charge is 0.371 e. The fraction of sp³-hybridized carbons (Fsp3) is 0.417. The van der Waals surface area contributed by atoms with Crippen LogP contribution in [0.1, 0.15) is 38.8 Å². The minimum absolute atomic E-state index is 0. The Labute approximate surface area is 209 Å². The number of aromatic nitrogens is 4. The Hall–Kier alpha value is -2.82. The van der Waals surface area contributed by atoms with E-state index in [9.17, 15) is 4.79 Å². The number of anilines is 1. The predicted octanol–water partition coefficient (Wildman–Crippen LogP) is 2.55. The second kappa shape index (κ2) is 11.1. The molecular weight excluding hydrogens is 498 g/mol. The molecule has 3 heterocycles. The van der Waals surface area contributed by atoms with Crippen molar-refractivity contribution in [2.45, 2.75) is 52.7 Å². The van der Waals surface area contributed by atoms with Gasteiger partial charge in [-0.3, -0.25) is 4.79 Å². The van der Waals surface area contributed by atoms with Crippen molar-refractivity contribution < 1.29 is 14.1 Å². The Morgan fingerprint density at radius 1 is 1.29 bits per heavy atom. The summed E-state index contributed by atoms with van der Waals surface area (Å²) in [7, 11) is 0. The lowest BCUT2D eigenvalue weighted by atomic mass is 10.1. The van der Waals surface area contributed by atoms with Crippen LogP contribution in [-0.2, 0) is 29.2 Å². The lowest BCUT2D eigenvalue weighted by molar-refractivity contribution is -0.706. The van der Waals surface area contributed by atoms with E-state index in [2.05, 4.69) is 35.7 Å². The Morgan fingerprint density at radius 2 is 2.06 bits per heavy atom. The number of fused-ring (bicyclic) bond motifs is 1. The molecule has 1 amide bonds. The van der Waals surface area contributed by atoms with Gasteiger partial charge in [-0.2, -0.15) is 0 Å². The summed E-state index contributed by atoms with van der Waals surface area (Å²) in [6.07, 6.45) is 3.23. The molecule has 0 saturated heterocycles. The van der Waals surface area contributed by atoms with Crippen LogP contribution in [-0.4, -0.2) is 39.4 Å². The highest BCUT2D eigenvalue weighted by atomic mass is 79.9. The Kier molecular flexibility index (Phi) is 8.40. The van der Waals surface area contributed by atoms with Gasteiger partial charge in [0.05, 0.1) is 25.2 Å². The number of hydrogen-bond acceptors (Lipinski definition) is 6. The van der Waals surface area contributed by atoms with Crippen LogP contribution in [0, 0.1) is 0 Å². The van der Waals surface area contributed by atoms with Crippen LogP contribution >= 0.6 is 15.9 Å². The number of amides is 1. The molecule has 1 atom stereocenters. The molecule has 0 aliphatic carbocycles. The quantitative estimate of drug-likeness (QED) is 0.434. The van der Waals surface area contributed by atoms with Crippen LogP contribution in [0.4, 0.5) is 5.82 Å². The first-order valence-corrected chi connectivity index (χ1v) is 11.6. The molecule has 2 aromatic heterocycles. The van der Waals surface area contributed by atoms with Gasteiger partial charge >= 0.3 is 0 Å². The fourth-order valence-electron chi connectivity index (χ4n) is 3.50. The second-order valence-electron chi connectivity index (χ2n) is 8.67. The number of benzene rings is 1. The van der Waals surface area contributed by atoms with Crippen molar-refractivity contribution >= 4 is 27.7 Å². The lowest BCUT2D eigenvalue weighted by Crippen LogP contribution is -2.52. The first-order chi connectivity index (χ1) is 15.8. The molecular formula is C24H33BrN7O2+. The number of nitrogens with zero attached hydrogens (tertiary/aromatic N) is 5. The number of halogens is 1. The smallest absolute Gasteiger partial charge is 0.297 e. The van der Waals surface area contributed by atoms with Crippen molar-refractivity contribution in [1.82, 2.24) is 20.1 Å². The van der Waals surface area contributed by atoms with Gasteiger partial charge in [0.1, 0.15) is 19.0 Å². The molecule has 1 aliphatic heterocycles. The van der Waals surface area contributed by atoms with Crippen molar-refractivity contribution in [3.63, 3.8) is 0 Å². The van der Waals surface area contributed by atoms with E-state index in [-0.39, 0.29) is 19.9 Å². The molecule has 1 aromatic carbocycles. The van der Waals surface area contributed by atoms with E-state index < -0.39 is 11.7 Å². The highest BCUT2D eigenvalue weighted by Crippen LogP contribution is 2.18. The van der Waals surface area contributed by atoms with Crippen LogP contribution in [0.5, 0.6) is 0 Å². The van der Waals surface area contributed by atoms with Gasteiger partial charge in [0.15, 0.2) is 0 Å². The predicted molar refractivity (Wildman–Crippen MR) is 134 cm³/mol. The minimum Gasteiger partial charge on any atom is -0.371 e.